The summed E-state index contributed by atoms with van der Waals surface area (Å²) in [6.07, 6.45) is 2.89. The maximum atomic E-state index is 12.2. The summed E-state index contributed by atoms with van der Waals surface area (Å²) in [6.45, 7) is -2.93. The minimum absolute atomic E-state index is 0.0162. The predicted molar refractivity (Wildman–Crippen MR) is 72.4 cm³/mol. The van der Waals surface area contributed by atoms with Gasteiger partial charge in [0.1, 0.15) is 11.5 Å². The van der Waals surface area contributed by atoms with Crippen molar-refractivity contribution in [2.45, 2.75) is 6.61 Å². The second kappa shape index (κ2) is 5.80. The van der Waals surface area contributed by atoms with Crippen LogP contribution in [0.25, 0.3) is 6.08 Å². The normalized spacial score (nSPS) is 16.0. The van der Waals surface area contributed by atoms with Gasteiger partial charge in [-0.15, -0.1) is 0 Å². The zero-order valence-electron chi connectivity index (χ0n) is 11.0. The van der Waals surface area contributed by atoms with Crippen LogP contribution in [0.15, 0.2) is 57.8 Å². The lowest BCUT2D eigenvalue weighted by Crippen LogP contribution is -2.07. The number of cyclic esters (lactones) is 1. The van der Waals surface area contributed by atoms with Crippen molar-refractivity contribution in [2.75, 3.05) is 0 Å². The molecule has 3 rings (SSSR count). The fourth-order valence-corrected chi connectivity index (χ4v) is 1.85. The lowest BCUT2D eigenvalue weighted by Gasteiger charge is -2.05. The maximum Gasteiger partial charge on any atom is 0.387 e. The number of furan rings is 1. The Morgan fingerprint density at radius 2 is 2.09 bits per heavy atom. The summed E-state index contributed by atoms with van der Waals surface area (Å²) in [6, 6.07) is 9.08. The van der Waals surface area contributed by atoms with E-state index in [1.54, 1.807) is 18.2 Å². The van der Waals surface area contributed by atoms with Gasteiger partial charge >= 0.3 is 12.6 Å². The van der Waals surface area contributed by atoms with Gasteiger partial charge in [0.25, 0.3) is 0 Å². The van der Waals surface area contributed by atoms with Crippen LogP contribution in [0.3, 0.4) is 0 Å². The molecule has 0 N–H and O–H groups in total. The van der Waals surface area contributed by atoms with Crippen LogP contribution in [-0.4, -0.2) is 18.5 Å². The van der Waals surface area contributed by atoms with Gasteiger partial charge in [-0.05, 0) is 30.3 Å². The molecule has 2 aromatic rings. The monoisotopic (exact) mass is 305 g/mol. The summed E-state index contributed by atoms with van der Waals surface area (Å²) < 4.78 is 38.8. The van der Waals surface area contributed by atoms with E-state index in [4.69, 9.17) is 9.15 Å². The number of halogens is 2. The van der Waals surface area contributed by atoms with Gasteiger partial charge < -0.3 is 13.9 Å². The quantitative estimate of drug-likeness (QED) is 0.643. The van der Waals surface area contributed by atoms with E-state index in [1.807, 2.05) is 0 Å². The Morgan fingerprint density at radius 1 is 1.23 bits per heavy atom. The second-order valence-corrected chi connectivity index (χ2v) is 4.26. The van der Waals surface area contributed by atoms with Gasteiger partial charge in [-0.2, -0.15) is 8.78 Å². The smallest absolute Gasteiger partial charge is 0.387 e. The predicted octanol–water partition coefficient (Wildman–Crippen LogP) is 3.23. The van der Waals surface area contributed by atoms with E-state index >= 15 is 0 Å². The molecule has 0 bridgehead atoms. The highest BCUT2D eigenvalue weighted by Crippen LogP contribution is 2.22. The Kier molecular flexibility index (Phi) is 3.69. The van der Waals surface area contributed by atoms with Crippen molar-refractivity contribution in [1.29, 1.82) is 0 Å². The molecule has 1 aliphatic rings. The average molecular weight is 305 g/mol. The molecule has 0 aliphatic carbocycles. The minimum Gasteiger partial charge on any atom is -0.465 e. The number of rotatable bonds is 4. The van der Waals surface area contributed by atoms with Gasteiger partial charge in [0.15, 0.2) is 5.70 Å². The number of nitrogens with zero attached hydrogens (tertiary/aromatic N) is 1. The molecule has 0 unspecified atom stereocenters. The summed E-state index contributed by atoms with van der Waals surface area (Å²) in [5, 5.41) is 0. The first-order valence-corrected chi connectivity index (χ1v) is 6.23. The fourth-order valence-electron chi connectivity index (χ4n) is 1.85. The molecule has 5 nitrogen and oxygen atoms in total. The highest BCUT2D eigenvalue weighted by molar-refractivity contribution is 6.12. The number of ether oxygens (including phenoxy) is 2. The molecule has 0 spiro atoms. The van der Waals surface area contributed by atoms with Crippen LogP contribution in [0.5, 0.6) is 5.75 Å². The molecular formula is C15H9F2NO4. The van der Waals surface area contributed by atoms with Crippen LogP contribution in [0.2, 0.25) is 0 Å². The lowest BCUT2D eigenvalue weighted by atomic mass is 10.2. The highest BCUT2D eigenvalue weighted by Gasteiger charge is 2.24. The number of benzene rings is 1. The van der Waals surface area contributed by atoms with Crippen molar-refractivity contribution >= 4 is 17.9 Å². The first-order valence-electron chi connectivity index (χ1n) is 6.23. The number of carbonyl (C=O) groups is 1. The third-order valence-corrected chi connectivity index (χ3v) is 2.75. The van der Waals surface area contributed by atoms with Gasteiger partial charge in [-0.1, -0.05) is 6.07 Å². The van der Waals surface area contributed by atoms with E-state index < -0.39 is 12.6 Å². The summed E-state index contributed by atoms with van der Waals surface area (Å²) in [7, 11) is 0. The third kappa shape index (κ3) is 3.03. The first-order chi connectivity index (χ1) is 10.6. The van der Waals surface area contributed by atoms with Crippen molar-refractivity contribution < 1.29 is 27.5 Å². The molecule has 0 atom stereocenters. The lowest BCUT2D eigenvalue weighted by molar-refractivity contribution is -0.129. The molecule has 22 heavy (non-hydrogen) atoms. The number of alkyl halides is 2. The van der Waals surface area contributed by atoms with Crippen LogP contribution < -0.4 is 4.74 Å². The zero-order chi connectivity index (χ0) is 15.5. The highest BCUT2D eigenvalue weighted by atomic mass is 19.3. The first kappa shape index (κ1) is 14.0. The molecule has 0 fully saturated rings. The number of esters is 1. The van der Waals surface area contributed by atoms with Gasteiger partial charge in [-0.25, -0.2) is 9.79 Å². The molecule has 0 amide bonds. The minimum atomic E-state index is -2.93. The SMILES string of the molecule is O=C1OC(c2cccc(OC(F)F)c2)=N/C1=C\c1ccco1. The standard InChI is InChI=1S/C15H9F2NO4/c16-15(17)21-11-4-1-3-9(7-11)13-18-12(14(19)22-13)8-10-5-2-6-20-10/h1-8,15H/b12-8-. The fraction of sp³-hybridized carbons (Fsp3) is 0.0667. The maximum absolute atomic E-state index is 12.2. The second-order valence-electron chi connectivity index (χ2n) is 4.26. The summed E-state index contributed by atoms with van der Waals surface area (Å²) in [4.78, 5) is 15.8. The Morgan fingerprint density at radius 3 is 2.82 bits per heavy atom. The van der Waals surface area contributed by atoms with Crippen molar-refractivity contribution in [3.63, 3.8) is 0 Å². The molecule has 1 aromatic heterocycles. The summed E-state index contributed by atoms with van der Waals surface area (Å²) >= 11 is 0. The van der Waals surface area contributed by atoms with Gasteiger partial charge in [-0.3, -0.25) is 0 Å². The van der Waals surface area contributed by atoms with E-state index in [-0.39, 0.29) is 17.3 Å². The van der Waals surface area contributed by atoms with E-state index in [2.05, 4.69) is 9.73 Å². The van der Waals surface area contributed by atoms with Crippen LogP contribution in [0, 0.1) is 0 Å². The molecule has 0 saturated carbocycles. The number of carbonyl (C=O) groups excluding carboxylic acids is 1. The average Bonchev–Trinajstić information content (AvgIpc) is 3.10. The molecule has 0 radical (unpaired) electrons. The summed E-state index contributed by atoms with van der Waals surface area (Å²) in [5.74, 6) is -0.226. The molecular weight excluding hydrogens is 296 g/mol. The van der Waals surface area contributed by atoms with Crippen LogP contribution >= 0.6 is 0 Å². The van der Waals surface area contributed by atoms with Gasteiger partial charge in [0, 0.05) is 11.6 Å². The van der Waals surface area contributed by atoms with E-state index in [9.17, 15) is 13.6 Å². The van der Waals surface area contributed by atoms with Gasteiger partial charge in [0.2, 0.25) is 5.90 Å². The van der Waals surface area contributed by atoms with Crippen molar-refractivity contribution in [1.82, 2.24) is 0 Å². The molecule has 112 valence electrons. The van der Waals surface area contributed by atoms with Gasteiger partial charge in [0.05, 0.1) is 6.26 Å². The molecule has 1 aliphatic heterocycles. The zero-order valence-corrected chi connectivity index (χ0v) is 11.0. The van der Waals surface area contributed by atoms with Crippen LogP contribution in [0.1, 0.15) is 11.3 Å². The Labute approximate surface area is 123 Å². The Balaban J connectivity index is 1.88. The molecule has 7 heteroatoms. The Bertz CT molecular complexity index is 751. The van der Waals surface area contributed by atoms with Crippen molar-refractivity contribution in [3.8, 4) is 5.75 Å². The Hall–Kier alpha value is -2.96. The third-order valence-electron chi connectivity index (χ3n) is 2.75. The molecule has 1 aromatic carbocycles. The van der Waals surface area contributed by atoms with E-state index in [1.165, 1.54) is 30.5 Å². The van der Waals surface area contributed by atoms with E-state index in [0.717, 1.165) is 0 Å². The van der Waals surface area contributed by atoms with Crippen molar-refractivity contribution in [3.05, 3.63) is 59.7 Å². The number of hydrogen-bond donors (Lipinski definition) is 0. The van der Waals surface area contributed by atoms with E-state index in [0.29, 0.717) is 11.3 Å². The number of aliphatic imine (C=N–C) groups is 1. The number of hydrogen-bond acceptors (Lipinski definition) is 5. The summed E-state index contributed by atoms with van der Waals surface area (Å²) in [5.41, 5.74) is 0.416. The van der Waals surface area contributed by atoms with Crippen LogP contribution in [0.4, 0.5) is 8.78 Å². The largest absolute Gasteiger partial charge is 0.465 e. The molecule has 2 heterocycles. The van der Waals surface area contributed by atoms with Crippen molar-refractivity contribution in [2.24, 2.45) is 4.99 Å². The topological polar surface area (TPSA) is 61.0 Å². The molecule has 0 saturated heterocycles. The van der Waals surface area contributed by atoms with Crippen LogP contribution in [-0.2, 0) is 9.53 Å².